The maximum atomic E-state index is 12.6. The first-order valence-electron chi connectivity index (χ1n) is 10.6. The lowest BCUT2D eigenvalue weighted by Gasteiger charge is -2.26. The molecule has 33 heavy (non-hydrogen) atoms. The Labute approximate surface area is 202 Å². The standard InChI is InChI=1S/C24H26ClN3O4S/c1-30-21-13-20(22(31-2)12-19(21)25)27-23(29)11-18-15-33-24(26-18)17-5-3-16(4-6-17)14-28-7-9-32-10-8-28/h3-6,12-13,15H,7-11,14H2,1-2H3,(H,27,29). The fraction of sp³-hybridized carbons (Fsp3) is 0.333. The molecule has 1 aliphatic rings. The second-order valence-corrected chi connectivity index (χ2v) is 8.91. The van der Waals surface area contributed by atoms with Crippen LogP contribution in [0.4, 0.5) is 5.69 Å². The van der Waals surface area contributed by atoms with Crippen molar-refractivity contribution >= 4 is 34.5 Å². The summed E-state index contributed by atoms with van der Waals surface area (Å²) in [4.78, 5) is 19.7. The fourth-order valence-corrected chi connectivity index (χ4v) is 4.66. The van der Waals surface area contributed by atoms with Crippen LogP contribution in [-0.4, -0.2) is 56.3 Å². The lowest BCUT2D eigenvalue weighted by molar-refractivity contribution is -0.115. The van der Waals surface area contributed by atoms with E-state index in [2.05, 4.69) is 39.5 Å². The number of carbonyl (C=O) groups excluding carboxylic acids is 1. The molecule has 2 aromatic carbocycles. The SMILES string of the molecule is COc1cc(NC(=O)Cc2csc(-c3ccc(CN4CCOCC4)cc3)n2)c(OC)cc1Cl. The molecule has 1 fully saturated rings. The van der Waals surface area contributed by atoms with Crippen molar-refractivity contribution < 1.29 is 19.0 Å². The first-order chi connectivity index (χ1) is 16.1. The van der Waals surface area contributed by atoms with Crippen molar-refractivity contribution in [2.45, 2.75) is 13.0 Å². The Kier molecular flexibility index (Phi) is 7.82. The van der Waals surface area contributed by atoms with Gasteiger partial charge in [-0.25, -0.2) is 4.98 Å². The molecule has 0 aliphatic carbocycles. The molecule has 1 saturated heterocycles. The first-order valence-corrected chi connectivity index (χ1v) is 11.9. The van der Waals surface area contributed by atoms with Gasteiger partial charge in [0.05, 0.1) is 50.3 Å². The van der Waals surface area contributed by atoms with Crippen molar-refractivity contribution in [1.82, 2.24) is 9.88 Å². The Hall–Kier alpha value is -2.65. The smallest absolute Gasteiger partial charge is 0.230 e. The van der Waals surface area contributed by atoms with Gasteiger partial charge in [-0.2, -0.15) is 0 Å². The lowest BCUT2D eigenvalue weighted by Crippen LogP contribution is -2.35. The molecule has 4 rings (SSSR count). The molecule has 1 N–H and O–H groups in total. The van der Waals surface area contributed by atoms with Gasteiger partial charge < -0.3 is 19.5 Å². The van der Waals surface area contributed by atoms with Crippen molar-refractivity contribution in [3.05, 3.63) is 58.1 Å². The Morgan fingerprint density at radius 3 is 2.58 bits per heavy atom. The summed E-state index contributed by atoms with van der Waals surface area (Å²) in [6, 6.07) is 11.7. The number of morpholine rings is 1. The summed E-state index contributed by atoms with van der Waals surface area (Å²) in [5, 5.41) is 6.07. The molecule has 0 spiro atoms. The average Bonchev–Trinajstić information content (AvgIpc) is 3.29. The summed E-state index contributed by atoms with van der Waals surface area (Å²) >= 11 is 7.66. The Morgan fingerprint density at radius 2 is 1.88 bits per heavy atom. The van der Waals surface area contributed by atoms with Crippen LogP contribution in [0.1, 0.15) is 11.3 Å². The minimum atomic E-state index is -0.199. The highest BCUT2D eigenvalue weighted by molar-refractivity contribution is 7.13. The third kappa shape index (κ3) is 6.03. The second-order valence-electron chi connectivity index (χ2n) is 7.64. The summed E-state index contributed by atoms with van der Waals surface area (Å²) in [6.07, 6.45) is 0.152. The van der Waals surface area contributed by atoms with Crippen LogP contribution in [-0.2, 0) is 22.5 Å². The molecule has 0 bridgehead atoms. The topological polar surface area (TPSA) is 72.9 Å². The molecule has 9 heteroatoms. The minimum Gasteiger partial charge on any atom is -0.495 e. The van der Waals surface area contributed by atoms with Gasteiger partial charge in [0.15, 0.2) is 0 Å². The van der Waals surface area contributed by atoms with Crippen LogP contribution in [0.2, 0.25) is 5.02 Å². The average molecular weight is 488 g/mol. The van der Waals surface area contributed by atoms with Crippen molar-refractivity contribution in [3.63, 3.8) is 0 Å². The Morgan fingerprint density at radius 1 is 1.15 bits per heavy atom. The van der Waals surface area contributed by atoms with E-state index in [0.29, 0.717) is 27.9 Å². The first kappa shape index (κ1) is 23.5. The quantitative estimate of drug-likeness (QED) is 0.504. The van der Waals surface area contributed by atoms with Crippen molar-refractivity contribution in [2.24, 2.45) is 0 Å². The van der Waals surface area contributed by atoms with Gasteiger partial charge in [-0.15, -0.1) is 11.3 Å². The van der Waals surface area contributed by atoms with Gasteiger partial charge in [0.1, 0.15) is 16.5 Å². The highest BCUT2D eigenvalue weighted by atomic mass is 35.5. The summed E-state index contributed by atoms with van der Waals surface area (Å²) in [6.45, 7) is 4.45. The number of nitrogens with zero attached hydrogens (tertiary/aromatic N) is 2. The second kappa shape index (κ2) is 11.0. The Bertz CT molecular complexity index is 1100. The van der Waals surface area contributed by atoms with Crippen molar-refractivity contribution in [2.75, 3.05) is 45.8 Å². The molecule has 2 heterocycles. The van der Waals surface area contributed by atoms with E-state index in [1.807, 2.05) is 5.38 Å². The van der Waals surface area contributed by atoms with Crippen LogP contribution in [0.25, 0.3) is 10.6 Å². The summed E-state index contributed by atoms with van der Waals surface area (Å²) in [5.41, 5.74) is 3.52. The van der Waals surface area contributed by atoms with Gasteiger partial charge in [0.25, 0.3) is 0 Å². The monoisotopic (exact) mass is 487 g/mol. The fourth-order valence-electron chi connectivity index (χ4n) is 3.61. The minimum absolute atomic E-state index is 0.152. The number of thiazole rings is 1. The number of nitrogens with one attached hydrogen (secondary N) is 1. The van der Waals surface area contributed by atoms with Crippen molar-refractivity contribution in [1.29, 1.82) is 0 Å². The van der Waals surface area contributed by atoms with Crippen molar-refractivity contribution in [3.8, 4) is 22.1 Å². The number of amides is 1. The predicted molar refractivity (Wildman–Crippen MR) is 131 cm³/mol. The molecule has 0 radical (unpaired) electrons. The van der Waals surface area contributed by atoms with Crippen LogP contribution < -0.4 is 14.8 Å². The molecule has 0 unspecified atom stereocenters. The highest BCUT2D eigenvalue weighted by Gasteiger charge is 2.15. The number of aromatic nitrogens is 1. The third-order valence-corrected chi connectivity index (χ3v) is 6.59. The largest absolute Gasteiger partial charge is 0.495 e. The molecule has 1 aliphatic heterocycles. The van der Waals surface area contributed by atoms with E-state index in [1.54, 1.807) is 12.1 Å². The molecule has 1 amide bonds. The van der Waals surface area contributed by atoms with E-state index in [0.717, 1.165) is 43.4 Å². The molecule has 1 aromatic heterocycles. The van der Waals surface area contributed by atoms with E-state index in [4.69, 9.17) is 25.8 Å². The van der Waals surface area contributed by atoms with E-state index < -0.39 is 0 Å². The number of rotatable bonds is 8. The zero-order valence-corrected chi connectivity index (χ0v) is 20.2. The normalized spacial score (nSPS) is 14.2. The molecule has 174 valence electrons. The highest BCUT2D eigenvalue weighted by Crippen LogP contribution is 2.36. The summed E-state index contributed by atoms with van der Waals surface area (Å²) in [5.74, 6) is 0.724. The van der Waals surface area contributed by atoms with Crippen LogP contribution in [0.3, 0.4) is 0 Å². The van der Waals surface area contributed by atoms with Gasteiger partial charge in [-0.1, -0.05) is 35.9 Å². The third-order valence-electron chi connectivity index (χ3n) is 5.35. The number of anilines is 1. The number of ether oxygens (including phenoxy) is 3. The maximum Gasteiger partial charge on any atom is 0.230 e. The molecule has 3 aromatic rings. The van der Waals surface area contributed by atoms with Crippen LogP contribution in [0.5, 0.6) is 11.5 Å². The van der Waals surface area contributed by atoms with Gasteiger partial charge in [0, 0.05) is 42.7 Å². The van der Waals surface area contributed by atoms with Crippen LogP contribution >= 0.6 is 22.9 Å². The lowest BCUT2D eigenvalue weighted by atomic mass is 10.1. The molecule has 0 atom stereocenters. The van der Waals surface area contributed by atoms with E-state index in [1.165, 1.54) is 31.1 Å². The molecular weight excluding hydrogens is 462 g/mol. The number of benzene rings is 2. The molecule has 7 nitrogen and oxygen atoms in total. The van der Waals surface area contributed by atoms with Gasteiger partial charge in [0.2, 0.25) is 5.91 Å². The number of hydrogen-bond donors (Lipinski definition) is 1. The predicted octanol–water partition coefficient (Wildman–Crippen LogP) is 4.49. The van der Waals surface area contributed by atoms with E-state index in [9.17, 15) is 4.79 Å². The Balaban J connectivity index is 1.38. The number of methoxy groups -OCH3 is 2. The summed E-state index contributed by atoms with van der Waals surface area (Å²) < 4.78 is 16.0. The maximum absolute atomic E-state index is 12.6. The van der Waals surface area contributed by atoms with Gasteiger partial charge >= 0.3 is 0 Å². The number of carbonyl (C=O) groups is 1. The van der Waals surface area contributed by atoms with E-state index >= 15 is 0 Å². The summed E-state index contributed by atoms with van der Waals surface area (Å²) in [7, 11) is 3.04. The van der Waals surface area contributed by atoms with E-state index in [-0.39, 0.29) is 12.3 Å². The zero-order valence-electron chi connectivity index (χ0n) is 18.6. The zero-order chi connectivity index (χ0) is 23.2. The molecular formula is C24H26ClN3O4S. The van der Waals surface area contributed by atoms with Gasteiger partial charge in [-0.05, 0) is 5.56 Å². The number of halogens is 1. The number of hydrogen-bond acceptors (Lipinski definition) is 7. The van der Waals surface area contributed by atoms with Crippen LogP contribution in [0, 0.1) is 0 Å². The van der Waals surface area contributed by atoms with Crippen LogP contribution in [0.15, 0.2) is 41.8 Å². The molecule has 0 saturated carbocycles. The van der Waals surface area contributed by atoms with Gasteiger partial charge in [-0.3, -0.25) is 9.69 Å².